The highest BCUT2D eigenvalue weighted by Crippen LogP contribution is 2.33. The molecule has 0 N–H and O–H groups in total. The number of nitro benzene ring substituents is 1. The molecule has 110 valence electrons. The number of hydrogen-bond donors (Lipinski definition) is 0. The normalized spacial score (nSPS) is 11.2. The minimum atomic E-state index is -4.77. The molecular weight excluding hydrogens is 355 g/mol. The standard InChI is InChI=1S/C13H7BrF3NO3/c14-9-3-6-11(12(7-9)18(19)20)8-1-4-10(5-2-8)21-13(15,16)17/h1-7H. The van der Waals surface area contributed by atoms with Crippen LogP contribution in [0.3, 0.4) is 0 Å². The van der Waals surface area contributed by atoms with Crippen LogP contribution in [0.2, 0.25) is 0 Å². The summed E-state index contributed by atoms with van der Waals surface area (Å²) < 4.78 is 40.5. The molecule has 0 aromatic heterocycles. The van der Waals surface area contributed by atoms with Crippen molar-refractivity contribution >= 4 is 21.6 Å². The zero-order valence-electron chi connectivity index (χ0n) is 10.2. The van der Waals surface area contributed by atoms with Crippen LogP contribution in [0, 0.1) is 10.1 Å². The number of hydrogen-bond acceptors (Lipinski definition) is 3. The van der Waals surface area contributed by atoms with Gasteiger partial charge in [-0.15, -0.1) is 13.2 Å². The van der Waals surface area contributed by atoms with E-state index >= 15 is 0 Å². The fraction of sp³-hybridized carbons (Fsp3) is 0.0769. The first kappa shape index (κ1) is 15.3. The minimum Gasteiger partial charge on any atom is -0.406 e. The molecule has 21 heavy (non-hydrogen) atoms. The molecule has 2 aromatic rings. The molecule has 2 aromatic carbocycles. The van der Waals surface area contributed by atoms with Crippen molar-refractivity contribution in [3.8, 4) is 16.9 Å². The molecule has 4 nitrogen and oxygen atoms in total. The molecule has 0 aliphatic rings. The van der Waals surface area contributed by atoms with Gasteiger partial charge in [-0.25, -0.2) is 0 Å². The smallest absolute Gasteiger partial charge is 0.406 e. The topological polar surface area (TPSA) is 52.4 Å². The number of nitro groups is 1. The van der Waals surface area contributed by atoms with E-state index in [4.69, 9.17) is 0 Å². The highest BCUT2D eigenvalue weighted by molar-refractivity contribution is 9.10. The van der Waals surface area contributed by atoms with Crippen LogP contribution >= 0.6 is 15.9 Å². The Kier molecular flexibility index (Phi) is 4.17. The quantitative estimate of drug-likeness (QED) is 0.575. The third-order valence-electron chi connectivity index (χ3n) is 2.56. The van der Waals surface area contributed by atoms with Crippen LogP contribution in [-0.2, 0) is 0 Å². The highest BCUT2D eigenvalue weighted by Gasteiger charge is 2.31. The Balaban J connectivity index is 2.37. The van der Waals surface area contributed by atoms with Gasteiger partial charge >= 0.3 is 6.36 Å². The fourth-order valence-corrected chi connectivity index (χ4v) is 2.09. The van der Waals surface area contributed by atoms with E-state index in [0.29, 0.717) is 15.6 Å². The molecule has 2 rings (SSSR count). The number of halogens is 4. The van der Waals surface area contributed by atoms with Crippen molar-refractivity contribution < 1.29 is 22.8 Å². The van der Waals surface area contributed by atoms with Gasteiger partial charge in [-0.1, -0.05) is 28.1 Å². The molecule has 0 heterocycles. The summed E-state index contributed by atoms with van der Waals surface area (Å²) in [4.78, 5) is 10.5. The van der Waals surface area contributed by atoms with E-state index in [1.807, 2.05) is 0 Å². The summed E-state index contributed by atoms with van der Waals surface area (Å²) in [5, 5.41) is 11.0. The van der Waals surface area contributed by atoms with Crippen molar-refractivity contribution in [2.75, 3.05) is 0 Å². The van der Waals surface area contributed by atoms with Crippen LogP contribution < -0.4 is 4.74 Å². The van der Waals surface area contributed by atoms with Crippen LogP contribution in [0.4, 0.5) is 18.9 Å². The molecule has 8 heteroatoms. The van der Waals surface area contributed by atoms with E-state index in [2.05, 4.69) is 20.7 Å². The monoisotopic (exact) mass is 361 g/mol. The molecule has 0 bridgehead atoms. The summed E-state index contributed by atoms with van der Waals surface area (Å²) in [6, 6.07) is 9.33. The maximum absolute atomic E-state index is 12.1. The maximum Gasteiger partial charge on any atom is 0.573 e. The first-order valence-electron chi connectivity index (χ1n) is 5.56. The van der Waals surface area contributed by atoms with E-state index in [0.717, 1.165) is 12.1 Å². The molecule has 0 aliphatic carbocycles. The summed E-state index contributed by atoms with van der Waals surface area (Å²) in [6.45, 7) is 0. The van der Waals surface area contributed by atoms with E-state index in [1.165, 1.54) is 24.3 Å². The summed E-state index contributed by atoms with van der Waals surface area (Å²) in [6.07, 6.45) is -4.77. The largest absolute Gasteiger partial charge is 0.573 e. The Labute approximate surface area is 125 Å². The van der Waals surface area contributed by atoms with Crippen LogP contribution in [0.1, 0.15) is 0 Å². The maximum atomic E-state index is 12.1. The van der Waals surface area contributed by atoms with Crippen LogP contribution in [0.15, 0.2) is 46.9 Å². The number of benzene rings is 2. The third kappa shape index (κ3) is 3.94. The zero-order valence-corrected chi connectivity index (χ0v) is 11.8. The second kappa shape index (κ2) is 5.72. The van der Waals surface area contributed by atoms with Crippen molar-refractivity contribution in [1.82, 2.24) is 0 Å². The number of ether oxygens (including phenoxy) is 1. The lowest BCUT2D eigenvalue weighted by Gasteiger charge is -2.09. The van der Waals surface area contributed by atoms with Crippen molar-refractivity contribution in [1.29, 1.82) is 0 Å². The van der Waals surface area contributed by atoms with Crippen LogP contribution in [0.5, 0.6) is 5.75 Å². The lowest BCUT2D eigenvalue weighted by atomic mass is 10.0. The Morgan fingerprint density at radius 2 is 1.71 bits per heavy atom. The first-order chi connectivity index (χ1) is 9.76. The Morgan fingerprint density at radius 3 is 2.24 bits per heavy atom. The van der Waals surface area contributed by atoms with Crippen molar-refractivity contribution in [3.63, 3.8) is 0 Å². The van der Waals surface area contributed by atoms with E-state index in [1.54, 1.807) is 6.07 Å². The van der Waals surface area contributed by atoms with Gasteiger partial charge in [0.2, 0.25) is 0 Å². The average Bonchev–Trinajstić information content (AvgIpc) is 2.38. The highest BCUT2D eigenvalue weighted by atomic mass is 79.9. The second-order valence-corrected chi connectivity index (χ2v) is 4.91. The molecular formula is C13H7BrF3NO3. The Morgan fingerprint density at radius 1 is 1.10 bits per heavy atom. The molecule has 0 radical (unpaired) electrons. The molecule has 0 fully saturated rings. The van der Waals surface area contributed by atoms with E-state index in [9.17, 15) is 23.3 Å². The van der Waals surface area contributed by atoms with Gasteiger partial charge in [0.15, 0.2) is 0 Å². The molecule has 0 atom stereocenters. The molecule has 0 spiro atoms. The van der Waals surface area contributed by atoms with Gasteiger partial charge < -0.3 is 4.74 Å². The number of nitrogens with zero attached hydrogens (tertiary/aromatic N) is 1. The van der Waals surface area contributed by atoms with Gasteiger partial charge in [0.1, 0.15) is 5.75 Å². The Hall–Kier alpha value is -2.09. The molecule has 0 aliphatic heterocycles. The van der Waals surface area contributed by atoms with Crippen molar-refractivity contribution in [2.45, 2.75) is 6.36 Å². The minimum absolute atomic E-state index is 0.145. The predicted octanol–water partition coefficient (Wildman–Crippen LogP) is 4.92. The number of alkyl halides is 3. The van der Waals surface area contributed by atoms with E-state index < -0.39 is 11.3 Å². The summed E-state index contributed by atoms with van der Waals surface area (Å²) in [5.74, 6) is -0.383. The molecule has 0 amide bonds. The summed E-state index contributed by atoms with van der Waals surface area (Å²) in [7, 11) is 0. The van der Waals surface area contributed by atoms with Gasteiger partial charge in [0.05, 0.1) is 10.5 Å². The van der Waals surface area contributed by atoms with Crippen LogP contribution in [-0.4, -0.2) is 11.3 Å². The van der Waals surface area contributed by atoms with Gasteiger partial charge in [-0.3, -0.25) is 10.1 Å². The van der Waals surface area contributed by atoms with Gasteiger partial charge in [0, 0.05) is 10.5 Å². The predicted molar refractivity (Wildman–Crippen MR) is 72.9 cm³/mol. The molecule has 0 unspecified atom stereocenters. The number of rotatable bonds is 3. The van der Waals surface area contributed by atoms with Gasteiger partial charge in [-0.05, 0) is 29.8 Å². The zero-order chi connectivity index (χ0) is 15.6. The summed E-state index contributed by atoms with van der Waals surface area (Å²) in [5.41, 5.74) is 0.583. The average molecular weight is 362 g/mol. The van der Waals surface area contributed by atoms with Gasteiger partial charge in [0.25, 0.3) is 5.69 Å². The third-order valence-corrected chi connectivity index (χ3v) is 3.05. The van der Waals surface area contributed by atoms with Gasteiger partial charge in [-0.2, -0.15) is 0 Å². The fourth-order valence-electron chi connectivity index (χ4n) is 1.74. The molecule has 0 saturated carbocycles. The Bertz CT molecular complexity index is 671. The summed E-state index contributed by atoms with van der Waals surface area (Å²) >= 11 is 3.13. The molecule has 0 saturated heterocycles. The van der Waals surface area contributed by atoms with Crippen molar-refractivity contribution in [3.05, 3.63) is 57.1 Å². The lowest BCUT2D eigenvalue weighted by molar-refractivity contribution is -0.384. The van der Waals surface area contributed by atoms with Crippen molar-refractivity contribution in [2.24, 2.45) is 0 Å². The first-order valence-corrected chi connectivity index (χ1v) is 6.36. The second-order valence-electron chi connectivity index (χ2n) is 3.99. The van der Waals surface area contributed by atoms with E-state index in [-0.39, 0.29) is 11.4 Å². The lowest BCUT2D eigenvalue weighted by Crippen LogP contribution is -2.16. The SMILES string of the molecule is O=[N+]([O-])c1cc(Br)ccc1-c1ccc(OC(F)(F)F)cc1. The van der Waals surface area contributed by atoms with Crippen LogP contribution in [0.25, 0.3) is 11.1 Å².